The molecular formula is C24H25ClFN3O2. The number of carbonyl (C=O) groups is 2. The Labute approximate surface area is 186 Å². The van der Waals surface area contributed by atoms with Gasteiger partial charge < -0.3 is 10.2 Å². The number of anilines is 1. The zero-order chi connectivity index (χ0) is 22.0. The lowest BCUT2D eigenvalue weighted by Crippen LogP contribution is -2.50. The monoisotopic (exact) mass is 441 g/mol. The molecule has 0 atom stereocenters. The fourth-order valence-electron chi connectivity index (χ4n) is 4.35. The van der Waals surface area contributed by atoms with Gasteiger partial charge >= 0.3 is 0 Å². The minimum atomic E-state index is -0.689. The van der Waals surface area contributed by atoms with E-state index in [1.165, 1.54) is 18.2 Å². The van der Waals surface area contributed by atoms with Gasteiger partial charge in [-0.2, -0.15) is 0 Å². The van der Waals surface area contributed by atoms with Crippen molar-refractivity contribution in [2.75, 3.05) is 11.9 Å². The van der Waals surface area contributed by atoms with E-state index in [0.717, 1.165) is 49.7 Å². The molecule has 1 N–H and O–H groups in total. The van der Waals surface area contributed by atoms with Crippen LogP contribution in [-0.2, 0) is 9.59 Å². The van der Waals surface area contributed by atoms with Crippen LogP contribution >= 0.6 is 11.6 Å². The van der Waals surface area contributed by atoms with Gasteiger partial charge in [0.15, 0.2) is 0 Å². The molecule has 0 aromatic heterocycles. The fraction of sp³-hybridized carbons (Fsp3) is 0.375. The second-order valence-corrected chi connectivity index (χ2v) is 8.70. The summed E-state index contributed by atoms with van der Waals surface area (Å²) in [5, 5.41) is 2.65. The average molecular weight is 442 g/mol. The van der Waals surface area contributed by atoms with Crippen LogP contribution in [0.1, 0.15) is 49.7 Å². The Bertz CT molecular complexity index is 1030. The quantitative estimate of drug-likeness (QED) is 0.716. The molecule has 1 saturated carbocycles. The van der Waals surface area contributed by atoms with Crippen molar-refractivity contribution in [1.29, 1.82) is 0 Å². The predicted octanol–water partition coefficient (Wildman–Crippen LogP) is 5.11. The number of hydrogen-bond acceptors (Lipinski definition) is 3. The number of amides is 2. The Hall–Kier alpha value is -2.73. The van der Waals surface area contributed by atoms with E-state index in [1.807, 2.05) is 31.2 Å². The maximum absolute atomic E-state index is 13.4. The first-order valence-electron chi connectivity index (χ1n) is 10.6. The third-order valence-corrected chi connectivity index (χ3v) is 6.29. The third-order valence-electron chi connectivity index (χ3n) is 6.00. The minimum absolute atomic E-state index is 0.0692. The largest absolute Gasteiger partial charge is 0.324 e. The summed E-state index contributed by atoms with van der Waals surface area (Å²) in [4.78, 5) is 32.8. The summed E-state index contributed by atoms with van der Waals surface area (Å²) in [5.74, 6) is -1.14. The highest BCUT2D eigenvalue weighted by atomic mass is 35.5. The number of nitrogens with one attached hydrogen (secondary N) is 1. The Kier molecular flexibility index (Phi) is 6.10. The second kappa shape index (κ2) is 8.79. The highest BCUT2D eigenvalue weighted by Crippen LogP contribution is 2.38. The van der Waals surface area contributed by atoms with Crippen molar-refractivity contribution >= 4 is 34.8 Å². The van der Waals surface area contributed by atoms with Crippen LogP contribution in [0, 0.1) is 12.7 Å². The molecule has 1 fully saturated rings. The van der Waals surface area contributed by atoms with Crippen LogP contribution in [-0.4, -0.2) is 34.6 Å². The van der Waals surface area contributed by atoms with Crippen molar-refractivity contribution in [2.45, 2.75) is 51.1 Å². The Morgan fingerprint density at radius 2 is 1.81 bits per heavy atom. The van der Waals surface area contributed by atoms with E-state index in [4.69, 9.17) is 16.6 Å². The van der Waals surface area contributed by atoms with Gasteiger partial charge in [0.05, 0.1) is 5.02 Å². The molecule has 0 bridgehead atoms. The van der Waals surface area contributed by atoms with Crippen LogP contribution in [0.15, 0.2) is 47.5 Å². The van der Waals surface area contributed by atoms with Crippen molar-refractivity contribution in [1.82, 2.24) is 4.90 Å². The van der Waals surface area contributed by atoms with Crippen LogP contribution in [0.5, 0.6) is 0 Å². The van der Waals surface area contributed by atoms with Crippen molar-refractivity contribution < 1.29 is 14.0 Å². The maximum atomic E-state index is 13.4. The number of aryl methyl sites for hydroxylation is 1. The number of carbonyl (C=O) groups excluding carboxylic acids is 2. The SMILES string of the molecule is Cc1ccc(C2=NC3(CCCCCC3)N(CC(=O)Nc3ccc(F)c(Cl)c3)C2=O)cc1. The Morgan fingerprint density at radius 1 is 1.13 bits per heavy atom. The van der Waals surface area contributed by atoms with Gasteiger partial charge in [0.2, 0.25) is 5.91 Å². The molecule has 4 rings (SSSR count). The second-order valence-electron chi connectivity index (χ2n) is 8.29. The Morgan fingerprint density at radius 3 is 2.45 bits per heavy atom. The molecule has 1 aliphatic carbocycles. The van der Waals surface area contributed by atoms with Crippen molar-refractivity contribution in [3.8, 4) is 0 Å². The Balaban J connectivity index is 1.60. The van der Waals surface area contributed by atoms with Gasteiger partial charge in [-0.3, -0.25) is 14.6 Å². The number of hydrogen-bond donors (Lipinski definition) is 1. The molecule has 2 aromatic rings. The lowest BCUT2D eigenvalue weighted by atomic mass is 10.00. The summed E-state index contributed by atoms with van der Waals surface area (Å²) in [7, 11) is 0. The summed E-state index contributed by atoms with van der Waals surface area (Å²) >= 11 is 5.81. The molecule has 7 heteroatoms. The van der Waals surface area contributed by atoms with Crippen LogP contribution in [0.25, 0.3) is 0 Å². The maximum Gasteiger partial charge on any atom is 0.275 e. The molecule has 2 aromatic carbocycles. The lowest BCUT2D eigenvalue weighted by Gasteiger charge is -2.35. The molecule has 162 valence electrons. The van der Waals surface area contributed by atoms with Crippen LogP contribution in [0.3, 0.4) is 0 Å². The van der Waals surface area contributed by atoms with E-state index >= 15 is 0 Å². The summed E-state index contributed by atoms with van der Waals surface area (Å²) in [6.07, 6.45) is 5.60. The van der Waals surface area contributed by atoms with E-state index in [2.05, 4.69) is 5.32 Å². The smallest absolute Gasteiger partial charge is 0.275 e. The molecule has 2 aliphatic rings. The summed E-state index contributed by atoms with van der Waals surface area (Å²) in [5.41, 5.74) is 1.99. The van der Waals surface area contributed by atoms with E-state index < -0.39 is 11.5 Å². The molecule has 2 amide bonds. The molecule has 0 unspecified atom stereocenters. The standard InChI is InChI=1S/C24H25ClFN3O2/c1-16-6-8-17(9-7-16)22-23(31)29(24(28-22)12-4-2-3-5-13-24)15-21(30)27-18-10-11-20(26)19(25)14-18/h6-11,14H,2-5,12-13,15H2,1H3,(H,27,30). The van der Waals surface area contributed by atoms with Crippen LogP contribution in [0.4, 0.5) is 10.1 Å². The normalized spacial score (nSPS) is 18.1. The first-order chi connectivity index (χ1) is 14.9. The molecule has 0 radical (unpaired) electrons. The van der Waals surface area contributed by atoms with Crippen LogP contribution < -0.4 is 5.32 Å². The van der Waals surface area contributed by atoms with Gasteiger partial charge in [0.25, 0.3) is 5.91 Å². The van der Waals surface area contributed by atoms with Gasteiger partial charge in [0, 0.05) is 11.3 Å². The topological polar surface area (TPSA) is 61.8 Å². The highest BCUT2D eigenvalue weighted by Gasteiger charge is 2.47. The summed E-state index contributed by atoms with van der Waals surface area (Å²) in [6.45, 7) is 1.87. The van der Waals surface area contributed by atoms with Gasteiger partial charge in [-0.25, -0.2) is 4.39 Å². The zero-order valence-electron chi connectivity index (χ0n) is 17.5. The van der Waals surface area contributed by atoms with E-state index in [0.29, 0.717) is 11.4 Å². The van der Waals surface area contributed by atoms with Crippen molar-refractivity contribution in [3.63, 3.8) is 0 Å². The minimum Gasteiger partial charge on any atom is -0.324 e. The summed E-state index contributed by atoms with van der Waals surface area (Å²) in [6, 6.07) is 11.7. The number of rotatable bonds is 4. The fourth-order valence-corrected chi connectivity index (χ4v) is 4.53. The van der Waals surface area contributed by atoms with E-state index in [-0.39, 0.29) is 23.4 Å². The first kappa shape index (κ1) is 21.5. The number of halogens is 2. The molecule has 1 spiro atoms. The van der Waals surface area contributed by atoms with E-state index in [9.17, 15) is 14.0 Å². The summed E-state index contributed by atoms with van der Waals surface area (Å²) < 4.78 is 13.4. The first-order valence-corrected chi connectivity index (χ1v) is 11.0. The number of aliphatic imine (C=N–C) groups is 1. The highest BCUT2D eigenvalue weighted by molar-refractivity contribution is 6.47. The average Bonchev–Trinajstić information content (AvgIpc) is 2.88. The van der Waals surface area contributed by atoms with Crippen molar-refractivity contribution in [3.05, 3.63) is 64.4 Å². The molecule has 1 aliphatic heterocycles. The third kappa shape index (κ3) is 4.49. The van der Waals surface area contributed by atoms with E-state index in [1.54, 1.807) is 4.90 Å². The molecule has 31 heavy (non-hydrogen) atoms. The van der Waals surface area contributed by atoms with Gasteiger partial charge in [-0.05, 0) is 50.8 Å². The zero-order valence-corrected chi connectivity index (χ0v) is 18.2. The lowest BCUT2D eigenvalue weighted by molar-refractivity contribution is -0.133. The van der Waals surface area contributed by atoms with Crippen molar-refractivity contribution in [2.24, 2.45) is 4.99 Å². The van der Waals surface area contributed by atoms with Gasteiger partial charge in [0.1, 0.15) is 23.7 Å². The number of benzene rings is 2. The van der Waals surface area contributed by atoms with Crippen LogP contribution in [0.2, 0.25) is 5.02 Å². The molecule has 0 saturated heterocycles. The molecular weight excluding hydrogens is 417 g/mol. The molecule has 1 heterocycles. The van der Waals surface area contributed by atoms with Gasteiger partial charge in [-0.15, -0.1) is 0 Å². The number of nitrogens with zero attached hydrogens (tertiary/aromatic N) is 2. The predicted molar refractivity (Wildman–Crippen MR) is 120 cm³/mol. The molecule has 5 nitrogen and oxygen atoms in total. The van der Waals surface area contributed by atoms with Gasteiger partial charge in [-0.1, -0.05) is 54.3 Å².